The van der Waals surface area contributed by atoms with E-state index in [2.05, 4.69) is 15.3 Å². The lowest BCUT2D eigenvalue weighted by molar-refractivity contribution is 0.417. The van der Waals surface area contributed by atoms with Crippen molar-refractivity contribution in [3.05, 3.63) is 30.0 Å². The largest absolute Gasteiger partial charge is 0.494 e. The predicted molar refractivity (Wildman–Crippen MR) is 71.9 cm³/mol. The third kappa shape index (κ3) is 2.42. The minimum atomic E-state index is 0.214. The molecule has 1 aromatic carbocycles. The molecule has 0 saturated heterocycles. The third-order valence-electron chi connectivity index (χ3n) is 2.53. The molecular weight excluding hydrogens is 230 g/mol. The summed E-state index contributed by atoms with van der Waals surface area (Å²) < 4.78 is 5.27. The van der Waals surface area contributed by atoms with Crippen LogP contribution in [-0.2, 0) is 0 Å². The number of nitrogen functional groups attached to an aromatic ring is 2. The van der Waals surface area contributed by atoms with Crippen molar-refractivity contribution in [3.63, 3.8) is 0 Å². The van der Waals surface area contributed by atoms with E-state index in [1.54, 1.807) is 25.4 Å². The van der Waals surface area contributed by atoms with Gasteiger partial charge >= 0.3 is 0 Å². The summed E-state index contributed by atoms with van der Waals surface area (Å²) in [5.74, 6) is 1.46. The molecule has 0 aliphatic heterocycles. The van der Waals surface area contributed by atoms with Crippen LogP contribution in [0.4, 0.5) is 23.1 Å². The van der Waals surface area contributed by atoms with Gasteiger partial charge in [0.25, 0.3) is 0 Å². The lowest BCUT2D eigenvalue weighted by atomic mass is 10.1. The second kappa shape index (κ2) is 4.79. The molecule has 0 unspecified atom stereocenters. The second-order valence-electron chi connectivity index (χ2n) is 3.83. The van der Waals surface area contributed by atoms with Gasteiger partial charge in [-0.05, 0) is 24.6 Å². The molecule has 2 rings (SSSR count). The Kier molecular flexibility index (Phi) is 3.18. The summed E-state index contributed by atoms with van der Waals surface area (Å²) in [7, 11) is 1.59. The first-order valence-corrected chi connectivity index (χ1v) is 5.40. The molecule has 1 heterocycles. The summed E-state index contributed by atoms with van der Waals surface area (Å²) >= 11 is 0. The molecule has 1 aromatic heterocycles. The SMILES string of the molecule is COc1cc(N)c(C)cc1Nc1ccnc(N)n1. The molecular formula is C12H15N5O. The van der Waals surface area contributed by atoms with Gasteiger partial charge in [-0.2, -0.15) is 4.98 Å². The van der Waals surface area contributed by atoms with Gasteiger partial charge in [0.05, 0.1) is 12.8 Å². The van der Waals surface area contributed by atoms with Crippen LogP contribution in [0.1, 0.15) is 5.56 Å². The Balaban J connectivity index is 2.36. The van der Waals surface area contributed by atoms with Crippen molar-refractivity contribution < 1.29 is 4.74 Å². The van der Waals surface area contributed by atoms with Crippen molar-refractivity contribution in [1.82, 2.24) is 9.97 Å². The summed E-state index contributed by atoms with van der Waals surface area (Å²) in [6, 6.07) is 5.39. The maximum atomic E-state index is 5.83. The molecule has 6 nitrogen and oxygen atoms in total. The van der Waals surface area contributed by atoms with Crippen molar-refractivity contribution in [3.8, 4) is 5.75 Å². The Morgan fingerprint density at radius 1 is 1.28 bits per heavy atom. The molecule has 0 fully saturated rings. The minimum Gasteiger partial charge on any atom is -0.494 e. The van der Waals surface area contributed by atoms with E-state index in [4.69, 9.17) is 16.2 Å². The molecule has 6 heteroatoms. The number of aryl methyl sites for hydroxylation is 1. The highest BCUT2D eigenvalue weighted by atomic mass is 16.5. The van der Waals surface area contributed by atoms with E-state index in [0.29, 0.717) is 17.3 Å². The van der Waals surface area contributed by atoms with E-state index in [1.165, 1.54) is 0 Å². The van der Waals surface area contributed by atoms with Crippen LogP contribution in [-0.4, -0.2) is 17.1 Å². The van der Waals surface area contributed by atoms with Crippen molar-refractivity contribution in [2.75, 3.05) is 23.9 Å². The normalized spacial score (nSPS) is 10.1. The van der Waals surface area contributed by atoms with Crippen LogP contribution >= 0.6 is 0 Å². The van der Waals surface area contributed by atoms with E-state index in [9.17, 15) is 0 Å². The van der Waals surface area contributed by atoms with Gasteiger partial charge in [0.2, 0.25) is 5.95 Å². The highest BCUT2D eigenvalue weighted by molar-refractivity contribution is 5.70. The molecule has 5 N–H and O–H groups in total. The van der Waals surface area contributed by atoms with Crippen LogP contribution in [0, 0.1) is 6.92 Å². The van der Waals surface area contributed by atoms with Gasteiger partial charge in [-0.15, -0.1) is 0 Å². The van der Waals surface area contributed by atoms with Gasteiger partial charge in [0.15, 0.2) is 0 Å². The van der Waals surface area contributed by atoms with Gasteiger partial charge in [-0.1, -0.05) is 0 Å². The summed E-state index contributed by atoms with van der Waals surface area (Å²) in [6.07, 6.45) is 1.58. The van der Waals surface area contributed by atoms with Gasteiger partial charge in [-0.3, -0.25) is 0 Å². The number of hydrogen-bond acceptors (Lipinski definition) is 6. The average Bonchev–Trinajstić information content (AvgIpc) is 2.33. The fraction of sp³-hybridized carbons (Fsp3) is 0.167. The number of nitrogens with zero attached hydrogens (tertiary/aromatic N) is 2. The standard InChI is InChI=1S/C12H15N5O/c1-7-5-9(10(18-2)6-8(7)13)16-11-3-4-15-12(14)17-11/h3-6H,13H2,1-2H3,(H3,14,15,16,17). The van der Waals surface area contributed by atoms with E-state index in [1.807, 2.05) is 13.0 Å². The Hall–Kier alpha value is -2.50. The van der Waals surface area contributed by atoms with Crippen molar-refractivity contribution in [1.29, 1.82) is 0 Å². The molecule has 0 saturated carbocycles. The highest BCUT2D eigenvalue weighted by Gasteiger charge is 2.07. The Morgan fingerprint density at radius 2 is 2.06 bits per heavy atom. The molecule has 0 amide bonds. The summed E-state index contributed by atoms with van der Waals surface area (Å²) in [4.78, 5) is 7.90. The lowest BCUT2D eigenvalue weighted by Crippen LogP contribution is -2.01. The molecule has 2 aromatic rings. The van der Waals surface area contributed by atoms with Crippen molar-refractivity contribution in [2.24, 2.45) is 0 Å². The molecule has 0 atom stereocenters. The summed E-state index contributed by atoms with van der Waals surface area (Å²) in [5, 5.41) is 3.12. The first-order chi connectivity index (χ1) is 8.60. The Labute approximate surface area is 105 Å². The van der Waals surface area contributed by atoms with Crippen molar-refractivity contribution >= 4 is 23.1 Å². The summed E-state index contributed by atoms with van der Waals surface area (Å²) in [6.45, 7) is 1.92. The topological polar surface area (TPSA) is 99.1 Å². The number of methoxy groups -OCH3 is 1. The van der Waals surface area contributed by atoms with E-state index in [-0.39, 0.29) is 5.95 Å². The van der Waals surface area contributed by atoms with E-state index < -0.39 is 0 Å². The molecule has 0 aliphatic rings. The minimum absolute atomic E-state index is 0.214. The van der Waals surface area contributed by atoms with Gasteiger partial charge in [0.1, 0.15) is 11.6 Å². The highest BCUT2D eigenvalue weighted by Crippen LogP contribution is 2.31. The fourth-order valence-corrected chi connectivity index (χ4v) is 1.55. The lowest BCUT2D eigenvalue weighted by Gasteiger charge is -2.13. The number of aromatic nitrogens is 2. The smallest absolute Gasteiger partial charge is 0.221 e. The Morgan fingerprint density at radius 3 is 2.72 bits per heavy atom. The molecule has 94 valence electrons. The Bertz CT molecular complexity index is 570. The maximum Gasteiger partial charge on any atom is 0.221 e. The van der Waals surface area contributed by atoms with E-state index >= 15 is 0 Å². The van der Waals surface area contributed by atoms with E-state index in [0.717, 1.165) is 11.3 Å². The van der Waals surface area contributed by atoms with Gasteiger partial charge in [0, 0.05) is 18.0 Å². The van der Waals surface area contributed by atoms with Gasteiger partial charge < -0.3 is 21.5 Å². The molecule has 0 spiro atoms. The zero-order chi connectivity index (χ0) is 13.1. The molecule has 0 radical (unpaired) electrons. The van der Waals surface area contributed by atoms with Crippen LogP contribution < -0.4 is 21.5 Å². The number of rotatable bonds is 3. The summed E-state index contributed by atoms with van der Waals surface area (Å²) in [5.41, 5.74) is 13.8. The first kappa shape index (κ1) is 12.0. The number of nitrogens with two attached hydrogens (primary N) is 2. The number of anilines is 4. The third-order valence-corrected chi connectivity index (χ3v) is 2.53. The molecule has 0 aliphatic carbocycles. The predicted octanol–water partition coefficient (Wildman–Crippen LogP) is 1.70. The molecule has 18 heavy (non-hydrogen) atoms. The number of benzene rings is 1. The number of nitrogens with one attached hydrogen (secondary N) is 1. The fourth-order valence-electron chi connectivity index (χ4n) is 1.55. The second-order valence-corrected chi connectivity index (χ2v) is 3.83. The van der Waals surface area contributed by atoms with Crippen LogP contribution in [0.2, 0.25) is 0 Å². The number of ether oxygens (including phenoxy) is 1. The molecule has 0 bridgehead atoms. The van der Waals surface area contributed by atoms with Crippen LogP contribution in [0.15, 0.2) is 24.4 Å². The van der Waals surface area contributed by atoms with Crippen LogP contribution in [0.25, 0.3) is 0 Å². The van der Waals surface area contributed by atoms with Crippen molar-refractivity contribution in [2.45, 2.75) is 6.92 Å². The average molecular weight is 245 g/mol. The maximum absolute atomic E-state index is 5.83. The monoisotopic (exact) mass is 245 g/mol. The van der Waals surface area contributed by atoms with Gasteiger partial charge in [-0.25, -0.2) is 4.98 Å². The zero-order valence-corrected chi connectivity index (χ0v) is 10.3. The van der Waals surface area contributed by atoms with Crippen LogP contribution in [0.3, 0.4) is 0 Å². The number of hydrogen-bond donors (Lipinski definition) is 3. The first-order valence-electron chi connectivity index (χ1n) is 5.40. The van der Waals surface area contributed by atoms with Crippen LogP contribution in [0.5, 0.6) is 5.75 Å². The zero-order valence-electron chi connectivity index (χ0n) is 10.3. The quantitative estimate of drug-likeness (QED) is 0.712.